The Morgan fingerprint density at radius 2 is 1.90 bits per heavy atom. The highest BCUT2D eigenvalue weighted by Gasteiger charge is 2.11. The van der Waals surface area contributed by atoms with Crippen molar-refractivity contribution in [2.45, 2.75) is 0 Å². The fourth-order valence-corrected chi connectivity index (χ4v) is 0.855. The smallest absolute Gasteiger partial charge is 0.216 e. The Labute approximate surface area is 61.9 Å². The molecule has 0 bridgehead atoms. The Morgan fingerprint density at radius 3 is 2.20 bits per heavy atom. The SMILES string of the molecule is O=S(O)CCOS(O)(O)O. The van der Waals surface area contributed by atoms with E-state index in [1.165, 1.54) is 0 Å². The Kier molecular flexibility index (Phi) is 4.36. The van der Waals surface area contributed by atoms with Gasteiger partial charge in [0.25, 0.3) is 0 Å². The van der Waals surface area contributed by atoms with Crippen LogP contribution in [0.5, 0.6) is 0 Å². The summed E-state index contributed by atoms with van der Waals surface area (Å²) in [6.45, 7) is -0.373. The third-order valence-electron chi connectivity index (χ3n) is 0.499. The van der Waals surface area contributed by atoms with E-state index in [0.29, 0.717) is 0 Å². The van der Waals surface area contributed by atoms with Crippen LogP contribution in [0.25, 0.3) is 0 Å². The third-order valence-corrected chi connectivity index (χ3v) is 1.50. The molecule has 0 saturated carbocycles. The van der Waals surface area contributed by atoms with Gasteiger partial charge >= 0.3 is 0 Å². The topological polar surface area (TPSA) is 107 Å². The summed E-state index contributed by atoms with van der Waals surface area (Å²) in [7, 11) is 0. The van der Waals surface area contributed by atoms with Crippen molar-refractivity contribution in [2.24, 2.45) is 0 Å². The maximum Gasteiger partial charge on any atom is 0.216 e. The molecule has 1 unspecified atom stereocenters. The fourth-order valence-electron chi connectivity index (χ4n) is 0.217. The summed E-state index contributed by atoms with van der Waals surface area (Å²) in [5, 5.41) is 0. The van der Waals surface area contributed by atoms with Crippen LogP contribution < -0.4 is 0 Å². The van der Waals surface area contributed by atoms with Gasteiger partial charge in [0, 0.05) is 0 Å². The molecular weight excluding hydrogens is 184 g/mol. The molecule has 6 nitrogen and oxygen atoms in total. The van der Waals surface area contributed by atoms with Gasteiger partial charge in [-0.1, -0.05) is 0 Å². The summed E-state index contributed by atoms with van der Waals surface area (Å²) in [5.41, 5.74) is 0. The molecule has 8 heteroatoms. The van der Waals surface area contributed by atoms with Crippen molar-refractivity contribution in [3.05, 3.63) is 0 Å². The van der Waals surface area contributed by atoms with E-state index in [2.05, 4.69) is 4.18 Å². The molecule has 0 aromatic rings. The molecule has 0 aliphatic carbocycles. The molecule has 0 aromatic heterocycles. The van der Waals surface area contributed by atoms with E-state index in [0.717, 1.165) is 0 Å². The van der Waals surface area contributed by atoms with E-state index in [4.69, 9.17) is 18.2 Å². The van der Waals surface area contributed by atoms with Gasteiger partial charge in [-0.25, -0.2) is 4.21 Å². The fraction of sp³-hybridized carbons (Fsp3) is 1.00. The highest BCUT2D eigenvalue weighted by molar-refractivity contribution is 8.15. The second-order valence-corrected chi connectivity index (χ2v) is 3.54. The molecular formula is C2H8O6S2. The van der Waals surface area contributed by atoms with Gasteiger partial charge in [0.2, 0.25) is 11.2 Å². The van der Waals surface area contributed by atoms with Gasteiger partial charge in [0.15, 0.2) is 11.1 Å². The molecule has 0 aromatic carbocycles. The molecule has 4 N–H and O–H groups in total. The first-order chi connectivity index (χ1) is 4.42. The minimum Gasteiger partial charge on any atom is -0.306 e. The van der Waals surface area contributed by atoms with Crippen LogP contribution in [0, 0.1) is 0 Å². The minimum absolute atomic E-state index is 0.267. The largest absolute Gasteiger partial charge is 0.306 e. The number of hydrogen-bond donors (Lipinski definition) is 4. The lowest BCUT2D eigenvalue weighted by atomic mass is 10.9. The van der Waals surface area contributed by atoms with Crippen LogP contribution in [0.15, 0.2) is 0 Å². The van der Waals surface area contributed by atoms with Crippen LogP contribution in [-0.2, 0) is 15.3 Å². The standard InChI is InChI=1S/C2H8O6S2/c3-9(4)2-1-8-10(5,6)7/h5-7H,1-2H2,(H,3,4). The first kappa shape index (κ1) is 10.3. The van der Waals surface area contributed by atoms with E-state index < -0.39 is 22.2 Å². The predicted molar refractivity (Wildman–Crippen MR) is 37.1 cm³/mol. The van der Waals surface area contributed by atoms with E-state index >= 15 is 0 Å². The van der Waals surface area contributed by atoms with Crippen LogP contribution in [-0.4, -0.2) is 34.8 Å². The highest BCUT2D eigenvalue weighted by atomic mass is 32.3. The second kappa shape index (κ2) is 4.23. The molecule has 0 fully saturated rings. The van der Waals surface area contributed by atoms with Crippen LogP contribution in [0.3, 0.4) is 0 Å². The zero-order valence-corrected chi connectivity index (χ0v) is 6.47. The van der Waals surface area contributed by atoms with E-state index in [1.54, 1.807) is 0 Å². The van der Waals surface area contributed by atoms with Crippen molar-refractivity contribution in [3.63, 3.8) is 0 Å². The molecule has 10 heavy (non-hydrogen) atoms. The van der Waals surface area contributed by atoms with Gasteiger partial charge in [-0.2, -0.15) is 0 Å². The molecule has 0 radical (unpaired) electrons. The normalized spacial score (nSPS) is 16.8. The molecule has 0 aliphatic heterocycles. The Balaban J connectivity index is 3.29. The molecule has 1 atom stereocenters. The van der Waals surface area contributed by atoms with Crippen molar-refractivity contribution in [3.8, 4) is 0 Å². The maximum absolute atomic E-state index is 9.88. The molecule has 0 aliphatic rings. The first-order valence-corrected chi connectivity index (χ1v) is 4.85. The summed E-state index contributed by atoms with van der Waals surface area (Å²) in [6.07, 6.45) is 0. The predicted octanol–water partition coefficient (Wildman–Crippen LogP) is 0.363. The maximum atomic E-state index is 9.88. The van der Waals surface area contributed by atoms with Crippen molar-refractivity contribution in [1.82, 2.24) is 0 Å². The molecule has 0 spiro atoms. The van der Waals surface area contributed by atoms with Crippen LogP contribution >= 0.6 is 11.2 Å². The van der Waals surface area contributed by atoms with Crippen molar-refractivity contribution in [2.75, 3.05) is 12.4 Å². The Bertz CT molecular complexity index is 117. The summed E-state index contributed by atoms with van der Waals surface area (Å²) in [4.78, 5) is 0. The van der Waals surface area contributed by atoms with Gasteiger partial charge in [0.05, 0.1) is 12.4 Å². The minimum atomic E-state index is -3.97. The van der Waals surface area contributed by atoms with Crippen molar-refractivity contribution < 1.29 is 26.6 Å². The zero-order chi connectivity index (χ0) is 8.20. The van der Waals surface area contributed by atoms with Crippen molar-refractivity contribution >= 4 is 22.2 Å². The summed E-state index contributed by atoms with van der Waals surface area (Å²) in [6, 6.07) is 0. The van der Waals surface area contributed by atoms with Gasteiger partial charge in [0.1, 0.15) is 0 Å². The lowest BCUT2D eigenvalue weighted by Gasteiger charge is -2.16. The molecule has 0 rings (SSSR count). The summed E-state index contributed by atoms with van der Waals surface area (Å²) in [5.74, 6) is -0.267. The molecule has 0 amide bonds. The number of rotatable bonds is 4. The lowest BCUT2D eigenvalue weighted by Crippen LogP contribution is -2.08. The average Bonchev–Trinajstić information content (AvgIpc) is 1.59. The zero-order valence-electron chi connectivity index (χ0n) is 4.84. The number of hydrogen-bond acceptors (Lipinski definition) is 5. The molecule has 0 saturated heterocycles. The Hall–Kier alpha value is 0.300. The van der Waals surface area contributed by atoms with E-state index in [9.17, 15) is 4.21 Å². The first-order valence-electron chi connectivity index (χ1n) is 2.14. The second-order valence-electron chi connectivity index (χ2n) is 1.32. The van der Waals surface area contributed by atoms with Crippen LogP contribution in [0.4, 0.5) is 0 Å². The van der Waals surface area contributed by atoms with Gasteiger partial charge in [-0.05, 0) is 0 Å². The average molecular weight is 192 g/mol. The third kappa shape index (κ3) is 8.30. The molecule has 64 valence electrons. The summed E-state index contributed by atoms with van der Waals surface area (Å²) < 4.78 is 46.3. The van der Waals surface area contributed by atoms with Gasteiger partial charge in [-0.15, -0.1) is 0 Å². The highest BCUT2D eigenvalue weighted by Crippen LogP contribution is 2.33. The molecule has 0 heterocycles. The monoisotopic (exact) mass is 192 g/mol. The van der Waals surface area contributed by atoms with E-state index in [1.807, 2.05) is 0 Å². The van der Waals surface area contributed by atoms with Gasteiger partial charge in [-0.3, -0.25) is 17.8 Å². The lowest BCUT2D eigenvalue weighted by molar-refractivity contribution is 0.213. The Morgan fingerprint density at radius 1 is 1.40 bits per heavy atom. The van der Waals surface area contributed by atoms with Crippen molar-refractivity contribution in [1.29, 1.82) is 0 Å². The van der Waals surface area contributed by atoms with Gasteiger partial charge < -0.3 is 4.55 Å². The van der Waals surface area contributed by atoms with E-state index in [-0.39, 0.29) is 12.4 Å². The van der Waals surface area contributed by atoms with Crippen LogP contribution in [0.2, 0.25) is 0 Å². The van der Waals surface area contributed by atoms with Crippen LogP contribution in [0.1, 0.15) is 0 Å². The quantitative estimate of drug-likeness (QED) is 0.479. The summed E-state index contributed by atoms with van der Waals surface area (Å²) >= 11 is -6.01.